The molecule has 1 aromatic heterocycles. The lowest BCUT2D eigenvalue weighted by Crippen LogP contribution is -2.39. The monoisotopic (exact) mass is 401 g/mol. The molecule has 0 bridgehead atoms. The molecule has 0 radical (unpaired) electrons. The average molecular weight is 401 g/mol. The number of nitrogens with zero attached hydrogens (tertiary/aromatic N) is 1. The zero-order valence-electron chi connectivity index (χ0n) is 15.1. The molecule has 8 heteroatoms. The molecular weight excluding hydrogens is 384 g/mol. The molecule has 3 aromatic rings. The predicted octanol–water partition coefficient (Wildman–Crippen LogP) is 3.61. The number of rotatable bonds is 5. The molecule has 0 saturated heterocycles. The summed E-state index contributed by atoms with van der Waals surface area (Å²) >= 11 is 1.19. The SMILES string of the molecule is CNC(=O)C(NC(=O)c1sc(-c2ccccc2)nc1C)c1ccc(F)c(F)c1. The molecule has 0 aliphatic rings. The fourth-order valence-electron chi connectivity index (χ4n) is 2.64. The van der Waals surface area contributed by atoms with Gasteiger partial charge in [-0.2, -0.15) is 0 Å². The van der Waals surface area contributed by atoms with Crippen LogP contribution >= 0.6 is 11.3 Å². The maximum absolute atomic E-state index is 13.6. The van der Waals surface area contributed by atoms with Crippen LogP contribution in [0.25, 0.3) is 10.6 Å². The normalized spacial score (nSPS) is 11.7. The number of likely N-dealkylation sites (N-methyl/N-ethyl adjacent to an activating group) is 1. The van der Waals surface area contributed by atoms with E-state index in [-0.39, 0.29) is 5.56 Å². The second kappa shape index (κ2) is 8.26. The van der Waals surface area contributed by atoms with Gasteiger partial charge in [0, 0.05) is 12.6 Å². The van der Waals surface area contributed by atoms with Crippen LogP contribution in [0.2, 0.25) is 0 Å². The van der Waals surface area contributed by atoms with E-state index in [2.05, 4.69) is 15.6 Å². The van der Waals surface area contributed by atoms with Gasteiger partial charge in [-0.25, -0.2) is 13.8 Å². The van der Waals surface area contributed by atoms with Gasteiger partial charge in [-0.1, -0.05) is 36.4 Å². The highest BCUT2D eigenvalue weighted by Crippen LogP contribution is 2.28. The molecule has 1 atom stereocenters. The topological polar surface area (TPSA) is 71.1 Å². The van der Waals surface area contributed by atoms with Gasteiger partial charge >= 0.3 is 0 Å². The van der Waals surface area contributed by atoms with E-state index in [1.165, 1.54) is 24.5 Å². The lowest BCUT2D eigenvalue weighted by Gasteiger charge is -2.17. The summed E-state index contributed by atoms with van der Waals surface area (Å²) in [6.07, 6.45) is 0. The van der Waals surface area contributed by atoms with E-state index in [1.807, 2.05) is 30.3 Å². The molecule has 144 valence electrons. The van der Waals surface area contributed by atoms with Crippen LogP contribution in [0.1, 0.15) is 27.0 Å². The van der Waals surface area contributed by atoms with Crippen molar-refractivity contribution >= 4 is 23.2 Å². The number of nitrogens with one attached hydrogen (secondary N) is 2. The predicted molar refractivity (Wildman–Crippen MR) is 103 cm³/mol. The summed E-state index contributed by atoms with van der Waals surface area (Å²) in [5.74, 6) is -3.20. The number of thiazole rings is 1. The molecule has 0 aliphatic carbocycles. The van der Waals surface area contributed by atoms with Crippen LogP contribution in [-0.4, -0.2) is 23.8 Å². The standard InChI is InChI=1S/C20H17F2N3O2S/c1-11-17(28-20(24-11)12-6-4-3-5-7-12)19(27)25-16(18(26)23-2)13-8-9-14(21)15(22)10-13/h3-10,16H,1-2H3,(H,23,26)(H,25,27). The quantitative estimate of drug-likeness (QED) is 0.686. The molecule has 2 amide bonds. The summed E-state index contributed by atoms with van der Waals surface area (Å²) in [7, 11) is 1.40. The Kier molecular flexibility index (Phi) is 5.79. The maximum Gasteiger partial charge on any atom is 0.264 e. The van der Waals surface area contributed by atoms with Crippen molar-refractivity contribution in [3.63, 3.8) is 0 Å². The smallest absolute Gasteiger partial charge is 0.264 e. The van der Waals surface area contributed by atoms with Gasteiger partial charge in [0.2, 0.25) is 5.91 Å². The highest BCUT2D eigenvalue weighted by molar-refractivity contribution is 7.17. The first-order valence-corrected chi connectivity index (χ1v) is 9.22. The van der Waals surface area contributed by atoms with E-state index < -0.39 is 29.5 Å². The van der Waals surface area contributed by atoms with E-state index >= 15 is 0 Å². The Morgan fingerprint density at radius 1 is 1.07 bits per heavy atom. The average Bonchev–Trinajstić information content (AvgIpc) is 3.10. The Bertz CT molecular complexity index is 1020. The molecule has 0 aliphatic heterocycles. The fraction of sp³-hybridized carbons (Fsp3) is 0.150. The summed E-state index contributed by atoms with van der Waals surface area (Å²) in [6, 6.07) is 11.3. The summed E-state index contributed by atoms with van der Waals surface area (Å²) in [5, 5.41) is 5.67. The molecule has 28 heavy (non-hydrogen) atoms. The molecule has 1 unspecified atom stereocenters. The molecule has 0 spiro atoms. The van der Waals surface area contributed by atoms with Crippen molar-refractivity contribution < 1.29 is 18.4 Å². The number of hydrogen-bond acceptors (Lipinski definition) is 4. The van der Waals surface area contributed by atoms with Gasteiger partial charge in [0.05, 0.1) is 5.69 Å². The second-order valence-electron chi connectivity index (χ2n) is 5.99. The van der Waals surface area contributed by atoms with Gasteiger partial charge in [0.15, 0.2) is 11.6 Å². The third kappa shape index (κ3) is 4.07. The lowest BCUT2D eigenvalue weighted by molar-refractivity contribution is -0.122. The van der Waals surface area contributed by atoms with Crippen molar-refractivity contribution in [3.05, 3.63) is 76.3 Å². The fourth-order valence-corrected chi connectivity index (χ4v) is 3.62. The van der Waals surface area contributed by atoms with E-state index in [9.17, 15) is 18.4 Å². The molecule has 1 heterocycles. The molecule has 0 saturated carbocycles. The zero-order valence-corrected chi connectivity index (χ0v) is 15.9. The number of hydrogen-bond donors (Lipinski definition) is 2. The van der Waals surface area contributed by atoms with Crippen LogP contribution in [-0.2, 0) is 4.79 Å². The minimum Gasteiger partial charge on any atom is -0.357 e. The summed E-state index contributed by atoms with van der Waals surface area (Å²) < 4.78 is 26.8. The van der Waals surface area contributed by atoms with Gasteiger partial charge < -0.3 is 10.6 Å². The highest BCUT2D eigenvalue weighted by Gasteiger charge is 2.26. The van der Waals surface area contributed by atoms with Crippen LogP contribution in [0.3, 0.4) is 0 Å². The first-order chi connectivity index (χ1) is 13.4. The largest absolute Gasteiger partial charge is 0.357 e. The Morgan fingerprint density at radius 2 is 1.79 bits per heavy atom. The van der Waals surface area contributed by atoms with E-state index in [1.54, 1.807) is 6.92 Å². The number of aromatic nitrogens is 1. The molecule has 5 nitrogen and oxygen atoms in total. The number of halogens is 2. The Morgan fingerprint density at radius 3 is 2.43 bits per heavy atom. The summed E-state index contributed by atoms with van der Waals surface area (Å²) in [6.45, 7) is 1.70. The second-order valence-corrected chi connectivity index (χ2v) is 6.99. The van der Waals surface area contributed by atoms with Crippen molar-refractivity contribution in [2.45, 2.75) is 13.0 Å². The third-order valence-electron chi connectivity index (χ3n) is 4.08. The van der Waals surface area contributed by atoms with Crippen molar-refractivity contribution in [2.24, 2.45) is 0 Å². The van der Waals surface area contributed by atoms with Crippen molar-refractivity contribution in [1.29, 1.82) is 0 Å². The van der Waals surface area contributed by atoms with E-state index in [4.69, 9.17) is 0 Å². The van der Waals surface area contributed by atoms with Crippen molar-refractivity contribution in [1.82, 2.24) is 15.6 Å². The Labute approximate surface area is 164 Å². The third-order valence-corrected chi connectivity index (χ3v) is 5.29. The molecular formula is C20H17F2N3O2S. The molecule has 3 rings (SSSR count). The number of benzene rings is 2. The number of carbonyl (C=O) groups is 2. The molecule has 0 fully saturated rings. The summed E-state index contributed by atoms with van der Waals surface area (Å²) in [4.78, 5) is 29.8. The number of aryl methyl sites for hydroxylation is 1. The van der Waals surface area contributed by atoms with Crippen molar-refractivity contribution in [2.75, 3.05) is 7.05 Å². The lowest BCUT2D eigenvalue weighted by atomic mass is 10.1. The summed E-state index contributed by atoms with van der Waals surface area (Å²) in [5.41, 5.74) is 1.53. The van der Waals surface area contributed by atoms with Gasteiger partial charge in [0.1, 0.15) is 15.9 Å². The number of carbonyl (C=O) groups excluding carboxylic acids is 2. The molecule has 2 N–H and O–H groups in total. The Hall–Kier alpha value is -3.13. The van der Waals surface area contributed by atoms with Crippen LogP contribution in [0.5, 0.6) is 0 Å². The maximum atomic E-state index is 13.6. The van der Waals surface area contributed by atoms with Crippen molar-refractivity contribution in [3.8, 4) is 10.6 Å². The minimum atomic E-state index is -1.17. The highest BCUT2D eigenvalue weighted by atomic mass is 32.1. The minimum absolute atomic E-state index is 0.136. The van der Waals surface area contributed by atoms with Gasteiger partial charge in [0.25, 0.3) is 5.91 Å². The van der Waals surface area contributed by atoms with Crippen LogP contribution in [0.4, 0.5) is 8.78 Å². The van der Waals surface area contributed by atoms with Gasteiger partial charge in [-0.3, -0.25) is 9.59 Å². The van der Waals surface area contributed by atoms with Crippen LogP contribution < -0.4 is 10.6 Å². The van der Waals surface area contributed by atoms with Gasteiger partial charge in [-0.05, 0) is 24.6 Å². The van der Waals surface area contributed by atoms with Crippen LogP contribution in [0.15, 0.2) is 48.5 Å². The van der Waals surface area contributed by atoms with Crippen LogP contribution in [0, 0.1) is 18.6 Å². The first kappa shape index (κ1) is 19.6. The molecule has 2 aromatic carbocycles. The zero-order chi connectivity index (χ0) is 20.3. The van der Waals surface area contributed by atoms with E-state index in [0.717, 1.165) is 17.7 Å². The van der Waals surface area contributed by atoms with E-state index in [0.29, 0.717) is 15.6 Å². The first-order valence-electron chi connectivity index (χ1n) is 8.41. The number of amides is 2. The van der Waals surface area contributed by atoms with Gasteiger partial charge in [-0.15, -0.1) is 11.3 Å². The Balaban J connectivity index is 1.89.